The Kier molecular flexibility index (Phi) is 3.42. The Hall–Kier alpha value is -1.91. The summed E-state index contributed by atoms with van der Waals surface area (Å²) in [6.07, 6.45) is 0. The summed E-state index contributed by atoms with van der Waals surface area (Å²) in [5, 5.41) is 0.694. The summed E-state index contributed by atoms with van der Waals surface area (Å²) < 4.78 is 15.2. The van der Waals surface area contributed by atoms with Crippen LogP contribution in [0.15, 0.2) is 42.5 Å². The molecule has 0 aliphatic rings. The summed E-state index contributed by atoms with van der Waals surface area (Å²) in [6.45, 7) is 0.856. The second-order valence-electron chi connectivity index (χ2n) is 4.54. The smallest absolute Gasteiger partial charge is 0.125 e. The van der Waals surface area contributed by atoms with Crippen molar-refractivity contribution in [3.63, 3.8) is 0 Å². The topological polar surface area (TPSA) is 43.8 Å². The van der Waals surface area contributed by atoms with Crippen molar-refractivity contribution in [3.05, 3.63) is 64.7 Å². The molecule has 0 saturated heterocycles. The number of aromatic nitrogens is 2. The van der Waals surface area contributed by atoms with Gasteiger partial charge in [-0.05, 0) is 23.8 Å². The van der Waals surface area contributed by atoms with Crippen molar-refractivity contribution in [2.24, 2.45) is 5.73 Å². The zero-order chi connectivity index (χ0) is 14.1. The van der Waals surface area contributed by atoms with E-state index in [9.17, 15) is 4.39 Å². The van der Waals surface area contributed by atoms with Gasteiger partial charge in [0.2, 0.25) is 0 Å². The van der Waals surface area contributed by atoms with Gasteiger partial charge in [0.15, 0.2) is 0 Å². The van der Waals surface area contributed by atoms with Crippen LogP contribution in [-0.2, 0) is 13.1 Å². The van der Waals surface area contributed by atoms with Gasteiger partial charge in [0, 0.05) is 11.1 Å². The highest BCUT2D eigenvalue weighted by atomic mass is 35.5. The second kappa shape index (κ2) is 5.23. The number of hydrogen-bond donors (Lipinski definition) is 1. The van der Waals surface area contributed by atoms with E-state index in [0.29, 0.717) is 29.5 Å². The first kappa shape index (κ1) is 13.1. The van der Waals surface area contributed by atoms with E-state index in [4.69, 9.17) is 17.3 Å². The molecule has 2 aromatic carbocycles. The van der Waals surface area contributed by atoms with Crippen LogP contribution in [0.5, 0.6) is 0 Å². The van der Waals surface area contributed by atoms with Gasteiger partial charge in [-0.1, -0.05) is 29.8 Å². The molecule has 3 rings (SSSR count). The van der Waals surface area contributed by atoms with Crippen LogP contribution in [0, 0.1) is 5.82 Å². The third-order valence-corrected chi connectivity index (χ3v) is 3.63. The molecular formula is C15H13ClFN3. The second-order valence-corrected chi connectivity index (χ2v) is 4.95. The average Bonchev–Trinajstić information content (AvgIpc) is 2.78. The lowest BCUT2D eigenvalue weighted by molar-refractivity contribution is 0.629. The van der Waals surface area contributed by atoms with E-state index < -0.39 is 0 Å². The Morgan fingerprint density at radius 3 is 2.75 bits per heavy atom. The molecule has 0 atom stereocenters. The van der Waals surface area contributed by atoms with Crippen molar-refractivity contribution in [2.45, 2.75) is 13.1 Å². The number of halogens is 2. The molecule has 1 heterocycles. The van der Waals surface area contributed by atoms with E-state index in [1.165, 1.54) is 12.1 Å². The highest BCUT2D eigenvalue weighted by molar-refractivity contribution is 6.31. The highest BCUT2D eigenvalue weighted by Gasteiger charge is 2.11. The van der Waals surface area contributed by atoms with Crippen LogP contribution in [0.25, 0.3) is 11.0 Å². The summed E-state index contributed by atoms with van der Waals surface area (Å²) >= 11 is 6.19. The lowest BCUT2D eigenvalue weighted by atomic mass is 10.2. The fourth-order valence-electron chi connectivity index (χ4n) is 2.28. The fourth-order valence-corrected chi connectivity index (χ4v) is 2.48. The zero-order valence-electron chi connectivity index (χ0n) is 10.7. The van der Waals surface area contributed by atoms with E-state index >= 15 is 0 Å². The lowest BCUT2D eigenvalue weighted by Gasteiger charge is -2.09. The summed E-state index contributed by atoms with van der Waals surface area (Å²) in [7, 11) is 0. The average molecular weight is 290 g/mol. The van der Waals surface area contributed by atoms with E-state index in [2.05, 4.69) is 4.98 Å². The minimum atomic E-state index is -0.302. The Morgan fingerprint density at radius 1 is 1.20 bits per heavy atom. The Bertz CT molecular complexity index is 767. The number of hydrogen-bond acceptors (Lipinski definition) is 2. The molecule has 0 aliphatic carbocycles. The number of fused-ring (bicyclic) bond motifs is 1. The van der Waals surface area contributed by atoms with Gasteiger partial charge in [-0.3, -0.25) is 0 Å². The van der Waals surface area contributed by atoms with Crippen molar-refractivity contribution in [2.75, 3.05) is 0 Å². The molecule has 0 fully saturated rings. The molecule has 2 N–H and O–H groups in total. The predicted octanol–water partition coefficient (Wildman–Crippen LogP) is 3.34. The fraction of sp³-hybridized carbons (Fsp3) is 0.133. The maximum Gasteiger partial charge on any atom is 0.125 e. The quantitative estimate of drug-likeness (QED) is 0.804. The monoisotopic (exact) mass is 289 g/mol. The first-order chi connectivity index (χ1) is 9.69. The molecule has 0 saturated carbocycles. The van der Waals surface area contributed by atoms with Crippen LogP contribution in [0.4, 0.5) is 4.39 Å². The summed E-state index contributed by atoms with van der Waals surface area (Å²) in [5.74, 6) is 0.411. The minimum Gasteiger partial charge on any atom is -0.324 e. The van der Waals surface area contributed by atoms with Gasteiger partial charge in [0.25, 0.3) is 0 Å². The normalized spacial score (nSPS) is 11.2. The molecule has 1 aromatic heterocycles. The molecule has 102 valence electrons. The molecule has 0 bridgehead atoms. The molecule has 3 aromatic rings. The van der Waals surface area contributed by atoms with E-state index in [0.717, 1.165) is 11.1 Å². The minimum absolute atomic E-state index is 0.292. The molecule has 20 heavy (non-hydrogen) atoms. The molecule has 3 nitrogen and oxygen atoms in total. The van der Waals surface area contributed by atoms with Gasteiger partial charge in [0.05, 0.1) is 24.1 Å². The molecule has 0 radical (unpaired) electrons. The highest BCUT2D eigenvalue weighted by Crippen LogP contribution is 2.22. The number of nitrogens with zero attached hydrogens (tertiary/aromatic N) is 2. The van der Waals surface area contributed by atoms with E-state index in [1.54, 1.807) is 6.07 Å². The van der Waals surface area contributed by atoms with Crippen LogP contribution in [-0.4, -0.2) is 9.55 Å². The van der Waals surface area contributed by atoms with E-state index in [1.807, 2.05) is 28.8 Å². The van der Waals surface area contributed by atoms with Crippen LogP contribution < -0.4 is 5.73 Å². The van der Waals surface area contributed by atoms with Gasteiger partial charge in [0.1, 0.15) is 11.6 Å². The standard InChI is InChI=1S/C15H13ClFN3/c16-12-4-2-1-3-10(12)9-20-14-6-5-11(17)7-13(14)19-15(20)8-18/h1-7H,8-9,18H2. The van der Waals surface area contributed by atoms with Gasteiger partial charge in [-0.2, -0.15) is 0 Å². The van der Waals surface area contributed by atoms with Gasteiger partial charge < -0.3 is 10.3 Å². The van der Waals surface area contributed by atoms with Crippen molar-refractivity contribution in [3.8, 4) is 0 Å². The summed E-state index contributed by atoms with van der Waals surface area (Å²) in [6, 6.07) is 12.2. The van der Waals surface area contributed by atoms with Crippen molar-refractivity contribution in [1.29, 1.82) is 0 Å². The van der Waals surface area contributed by atoms with Crippen LogP contribution in [0.2, 0.25) is 5.02 Å². The summed E-state index contributed by atoms with van der Waals surface area (Å²) in [4.78, 5) is 4.37. The molecule has 5 heteroatoms. The third kappa shape index (κ3) is 2.28. The largest absolute Gasteiger partial charge is 0.324 e. The van der Waals surface area contributed by atoms with E-state index in [-0.39, 0.29) is 5.82 Å². The van der Waals surface area contributed by atoms with Gasteiger partial charge in [-0.15, -0.1) is 0 Å². The van der Waals surface area contributed by atoms with Crippen molar-refractivity contribution < 1.29 is 4.39 Å². The molecule has 0 unspecified atom stereocenters. The van der Waals surface area contributed by atoms with Gasteiger partial charge in [-0.25, -0.2) is 9.37 Å². The number of imidazole rings is 1. The molecule has 0 amide bonds. The lowest BCUT2D eigenvalue weighted by Crippen LogP contribution is -2.09. The number of nitrogens with two attached hydrogens (primary N) is 1. The maximum atomic E-state index is 13.3. The van der Waals surface area contributed by atoms with Crippen molar-refractivity contribution in [1.82, 2.24) is 9.55 Å². The SMILES string of the molecule is NCc1nc2cc(F)ccc2n1Cc1ccccc1Cl. The molecule has 0 spiro atoms. The number of benzene rings is 2. The van der Waals surface area contributed by atoms with Crippen LogP contribution in [0.1, 0.15) is 11.4 Å². The predicted molar refractivity (Wildman–Crippen MR) is 78.1 cm³/mol. The zero-order valence-corrected chi connectivity index (χ0v) is 11.4. The van der Waals surface area contributed by atoms with Crippen molar-refractivity contribution >= 4 is 22.6 Å². The Morgan fingerprint density at radius 2 is 2.00 bits per heavy atom. The van der Waals surface area contributed by atoms with Crippen LogP contribution in [0.3, 0.4) is 0 Å². The first-order valence-corrected chi connectivity index (χ1v) is 6.65. The number of rotatable bonds is 3. The Labute approximate surface area is 120 Å². The molecule has 0 aliphatic heterocycles. The maximum absolute atomic E-state index is 13.3. The first-order valence-electron chi connectivity index (χ1n) is 6.27. The Balaban J connectivity index is 2.12. The van der Waals surface area contributed by atoms with Crippen LogP contribution >= 0.6 is 11.6 Å². The third-order valence-electron chi connectivity index (χ3n) is 3.26. The molecular weight excluding hydrogens is 277 g/mol. The summed E-state index contributed by atoms with van der Waals surface area (Å²) in [5.41, 5.74) is 8.18. The van der Waals surface area contributed by atoms with Gasteiger partial charge >= 0.3 is 0 Å².